The van der Waals surface area contributed by atoms with Gasteiger partial charge in [-0.05, 0) is 12.5 Å². The monoisotopic (exact) mass is 208 g/mol. The first-order chi connectivity index (χ1) is 7.29. The minimum Gasteiger partial charge on any atom is -0.359 e. The molecule has 1 unspecified atom stereocenters. The van der Waals surface area contributed by atoms with Crippen molar-refractivity contribution in [3.8, 4) is 0 Å². The van der Waals surface area contributed by atoms with Gasteiger partial charge >= 0.3 is 0 Å². The molecule has 1 aliphatic heterocycles. The van der Waals surface area contributed by atoms with Gasteiger partial charge in [0.05, 0.1) is 17.1 Å². The number of hydrogen-bond acceptors (Lipinski definition) is 4. The summed E-state index contributed by atoms with van der Waals surface area (Å²) in [4.78, 5) is 10.4. The van der Waals surface area contributed by atoms with Crippen molar-refractivity contribution in [1.82, 2.24) is 5.32 Å². The second-order valence-electron chi connectivity index (χ2n) is 3.37. The van der Waals surface area contributed by atoms with Crippen LogP contribution in [0.1, 0.15) is 18.2 Å². The number of hydrogen-bond donors (Lipinski definition) is 1. The molecule has 0 bridgehead atoms. The molecule has 1 aromatic rings. The largest absolute Gasteiger partial charge is 0.359 e. The molecule has 0 saturated carbocycles. The van der Waals surface area contributed by atoms with Crippen LogP contribution in [0, 0.1) is 10.1 Å². The van der Waals surface area contributed by atoms with E-state index in [9.17, 15) is 10.1 Å². The molecule has 0 radical (unpaired) electrons. The van der Waals surface area contributed by atoms with Gasteiger partial charge in [0.25, 0.3) is 5.69 Å². The normalized spacial score (nSPS) is 21.2. The van der Waals surface area contributed by atoms with Gasteiger partial charge in [-0.3, -0.25) is 15.4 Å². The van der Waals surface area contributed by atoms with E-state index in [4.69, 9.17) is 4.74 Å². The third-order valence-corrected chi connectivity index (χ3v) is 2.35. The molecular weight excluding hydrogens is 196 g/mol. The van der Waals surface area contributed by atoms with Crippen molar-refractivity contribution in [2.45, 2.75) is 12.6 Å². The van der Waals surface area contributed by atoms with Crippen LogP contribution in [0.25, 0.3) is 0 Å². The number of benzene rings is 1. The van der Waals surface area contributed by atoms with E-state index in [0.29, 0.717) is 12.2 Å². The smallest absolute Gasteiger partial charge is 0.276 e. The number of nitrogens with one attached hydrogen (secondary N) is 1. The first kappa shape index (κ1) is 10.1. The van der Waals surface area contributed by atoms with Crippen LogP contribution in [0.4, 0.5) is 5.69 Å². The van der Waals surface area contributed by atoms with Gasteiger partial charge in [0.15, 0.2) is 0 Å². The second-order valence-corrected chi connectivity index (χ2v) is 3.37. The van der Waals surface area contributed by atoms with Crippen molar-refractivity contribution < 1.29 is 9.66 Å². The highest BCUT2D eigenvalue weighted by atomic mass is 16.6. The van der Waals surface area contributed by atoms with Crippen LogP contribution in [0.15, 0.2) is 24.3 Å². The Kier molecular flexibility index (Phi) is 2.94. The minimum absolute atomic E-state index is 0.108. The predicted molar refractivity (Wildman–Crippen MR) is 54.4 cm³/mol. The number of para-hydroxylation sites is 1. The molecule has 15 heavy (non-hydrogen) atoms. The standard InChI is InChI=1S/C10H12N2O3/c13-12(14)9-5-2-1-4-8(9)10-11-6-3-7-15-10/h1-2,4-5,10-11H,3,6-7H2. The lowest BCUT2D eigenvalue weighted by molar-refractivity contribution is -0.386. The summed E-state index contributed by atoms with van der Waals surface area (Å²) >= 11 is 0. The van der Waals surface area contributed by atoms with Crippen LogP contribution in [-0.2, 0) is 4.74 Å². The van der Waals surface area contributed by atoms with Gasteiger partial charge in [-0.25, -0.2) is 0 Å². The molecule has 0 amide bonds. The average molecular weight is 208 g/mol. The first-order valence-corrected chi connectivity index (χ1v) is 4.87. The summed E-state index contributed by atoms with van der Waals surface area (Å²) in [5.41, 5.74) is 0.708. The summed E-state index contributed by atoms with van der Waals surface area (Å²) in [5.74, 6) is 0. The van der Waals surface area contributed by atoms with E-state index in [0.717, 1.165) is 13.0 Å². The molecule has 1 aliphatic rings. The molecule has 0 spiro atoms. The first-order valence-electron chi connectivity index (χ1n) is 4.87. The number of nitrogens with zero attached hydrogens (tertiary/aromatic N) is 1. The molecule has 2 rings (SSSR count). The number of rotatable bonds is 2. The number of nitro groups is 1. The Bertz CT molecular complexity index is 361. The Morgan fingerprint density at radius 1 is 1.47 bits per heavy atom. The molecule has 5 nitrogen and oxygen atoms in total. The lowest BCUT2D eigenvalue weighted by Gasteiger charge is -2.24. The zero-order valence-corrected chi connectivity index (χ0v) is 8.18. The molecule has 1 fully saturated rings. The molecule has 1 saturated heterocycles. The van der Waals surface area contributed by atoms with E-state index >= 15 is 0 Å². The van der Waals surface area contributed by atoms with E-state index in [1.807, 2.05) is 0 Å². The predicted octanol–water partition coefficient (Wildman–Crippen LogP) is 1.60. The van der Waals surface area contributed by atoms with Crippen molar-refractivity contribution >= 4 is 5.69 Å². The zero-order chi connectivity index (χ0) is 10.7. The highest BCUT2D eigenvalue weighted by molar-refractivity contribution is 5.41. The summed E-state index contributed by atoms with van der Waals surface area (Å²) in [6.45, 7) is 1.47. The molecule has 5 heteroatoms. The van der Waals surface area contributed by atoms with Crippen molar-refractivity contribution in [2.24, 2.45) is 0 Å². The Hall–Kier alpha value is -1.46. The van der Waals surface area contributed by atoms with E-state index in [1.54, 1.807) is 18.2 Å². The van der Waals surface area contributed by atoms with Crippen molar-refractivity contribution in [2.75, 3.05) is 13.2 Å². The maximum atomic E-state index is 10.8. The molecule has 1 atom stereocenters. The van der Waals surface area contributed by atoms with E-state index in [1.165, 1.54) is 6.07 Å². The summed E-state index contributed by atoms with van der Waals surface area (Å²) in [7, 11) is 0. The zero-order valence-electron chi connectivity index (χ0n) is 8.18. The summed E-state index contributed by atoms with van der Waals surface area (Å²) in [5, 5.41) is 13.9. The van der Waals surface area contributed by atoms with Gasteiger partial charge in [-0.15, -0.1) is 0 Å². The third-order valence-electron chi connectivity index (χ3n) is 2.35. The highest BCUT2D eigenvalue weighted by Gasteiger charge is 2.23. The summed E-state index contributed by atoms with van der Waals surface area (Å²) < 4.78 is 5.44. The fourth-order valence-electron chi connectivity index (χ4n) is 1.64. The Morgan fingerprint density at radius 3 is 2.93 bits per heavy atom. The third kappa shape index (κ3) is 2.14. The molecule has 80 valence electrons. The van der Waals surface area contributed by atoms with Crippen LogP contribution in [0.2, 0.25) is 0 Å². The molecule has 1 heterocycles. The minimum atomic E-state index is -0.380. The number of nitro benzene ring substituents is 1. The lowest BCUT2D eigenvalue weighted by Crippen LogP contribution is -2.31. The fourth-order valence-corrected chi connectivity index (χ4v) is 1.64. The Balaban J connectivity index is 2.29. The molecule has 1 aromatic carbocycles. The topological polar surface area (TPSA) is 64.4 Å². The van der Waals surface area contributed by atoms with Crippen LogP contribution >= 0.6 is 0 Å². The van der Waals surface area contributed by atoms with E-state index in [-0.39, 0.29) is 16.8 Å². The van der Waals surface area contributed by atoms with Gasteiger partial charge in [0, 0.05) is 12.6 Å². The lowest BCUT2D eigenvalue weighted by atomic mass is 10.1. The average Bonchev–Trinajstić information content (AvgIpc) is 2.30. The van der Waals surface area contributed by atoms with E-state index in [2.05, 4.69) is 5.32 Å². The molecule has 1 N–H and O–H groups in total. The van der Waals surface area contributed by atoms with Gasteiger partial charge in [-0.1, -0.05) is 12.1 Å². The molecular formula is C10H12N2O3. The van der Waals surface area contributed by atoms with Crippen LogP contribution in [0.3, 0.4) is 0 Å². The maximum absolute atomic E-state index is 10.8. The van der Waals surface area contributed by atoms with Gasteiger partial charge in [0.1, 0.15) is 6.23 Å². The van der Waals surface area contributed by atoms with E-state index < -0.39 is 0 Å². The molecule has 0 aromatic heterocycles. The van der Waals surface area contributed by atoms with Gasteiger partial charge in [0.2, 0.25) is 0 Å². The van der Waals surface area contributed by atoms with Crippen molar-refractivity contribution in [3.05, 3.63) is 39.9 Å². The fraction of sp³-hybridized carbons (Fsp3) is 0.400. The molecule has 0 aliphatic carbocycles. The Labute approximate surface area is 87.2 Å². The van der Waals surface area contributed by atoms with Crippen molar-refractivity contribution in [3.63, 3.8) is 0 Å². The quantitative estimate of drug-likeness (QED) is 0.592. The second kappa shape index (κ2) is 4.37. The van der Waals surface area contributed by atoms with Crippen LogP contribution < -0.4 is 5.32 Å². The van der Waals surface area contributed by atoms with Crippen molar-refractivity contribution in [1.29, 1.82) is 0 Å². The van der Waals surface area contributed by atoms with Gasteiger partial charge in [-0.2, -0.15) is 0 Å². The summed E-state index contributed by atoms with van der Waals surface area (Å²) in [6.07, 6.45) is 0.595. The SMILES string of the molecule is O=[N+]([O-])c1ccccc1C1NCCCO1. The van der Waals surface area contributed by atoms with Crippen LogP contribution in [0.5, 0.6) is 0 Å². The Morgan fingerprint density at radius 2 is 2.27 bits per heavy atom. The van der Waals surface area contributed by atoms with Crippen LogP contribution in [-0.4, -0.2) is 18.1 Å². The van der Waals surface area contributed by atoms with Gasteiger partial charge < -0.3 is 4.74 Å². The maximum Gasteiger partial charge on any atom is 0.276 e. The highest BCUT2D eigenvalue weighted by Crippen LogP contribution is 2.26. The number of ether oxygens (including phenoxy) is 1. The summed E-state index contributed by atoms with van der Waals surface area (Å²) in [6, 6.07) is 6.66.